The number of hydrogen-bond acceptors (Lipinski definition) is 4. The molecule has 2 aliphatic rings. The predicted molar refractivity (Wildman–Crippen MR) is 115 cm³/mol. The van der Waals surface area contributed by atoms with Crippen molar-refractivity contribution in [3.8, 4) is 11.3 Å². The van der Waals surface area contributed by atoms with E-state index in [1.54, 1.807) is 0 Å². The van der Waals surface area contributed by atoms with Crippen molar-refractivity contribution in [2.24, 2.45) is 0 Å². The van der Waals surface area contributed by atoms with Crippen molar-refractivity contribution in [2.45, 2.75) is 38.4 Å². The second kappa shape index (κ2) is 7.73. The Morgan fingerprint density at radius 1 is 0.931 bits per heavy atom. The lowest BCUT2D eigenvalue weighted by Gasteiger charge is -2.50. The molecule has 29 heavy (non-hydrogen) atoms. The maximum Gasteiger partial charge on any atom is 0.129 e. The van der Waals surface area contributed by atoms with Gasteiger partial charge >= 0.3 is 0 Å². The van der Waals surface area contributed by atoms with Crippen LogP contribution in [0.4, 0.5) is 0 Å². The molecule has 0 unspecified atom stereocenters. The van der Waals surface area contributed by atoms with Gasteiger partial charge in [-0.25, -0.2) is 4.98 Å². The van der Waals surface area contributed by atoms with Crippen LogP contribution >= 0.6 is 0 Å². The molecule has 2 aliphatic heterocycles. The Kier molecular flexibility index (Phi) is 4.94. The van der Waals surface area contributed by atoms with Gasteiger partial charge in [-0.05, 0) is 36.6 Å². The van der Waals surface area contributed by atoms with Crippen molar-refractivity contribution in [3.05, 3.63) is 72.4 Å². The zero-order valence-corrected chi connectivity index (χ0v) is 17.2. The van der Waals surface area contributed by atoms with E-state index in [0.717, 1.165) is 52.1 Å². The summed E-state index contributed by atoms with van der Waals surface area (Å²) in [6.07, 6.45) is 8.19. The van der Waals surface area contributed by atoms with Crippen molar-refractivity contribution in [3.63, 3.8) is 0 Å². The Balaban J connectivity index is 1.42. The topological polar surface area (TPSA) is 37.2 Å². The molecule has 0 amide bonds. The highest BCUT2D eigenvalue weighted by Crippen LogP contribution is 2.42. The zero-order valence-electron chi connectivity index (χ0n) is 17.2. The molecular weight excluding hydrogens is 358 g/mol. The molecule has 0 aliphatic carbocycles. The lowest BCUT2D eigenvalue weighted by atomic mass is 9.83. The van der Waals surface area contributed by atoms with Gasteiger partial charge in [-0.1, -0.05) is 43.3 Å². The second-order valence-electron chi connectivity index (χ2n) is 8.23. The highest BCUT2D eigenvalue weighted by Gasteiger charge is 2.46. The van der Waals surface area contributed by atoms with Gasteiger partial charge in [-0.15, -0.1) is 0 Å². The van der Waals surface area contributed by atoms with Crippen molar-refractivity contribution in [1.82, 2.24) is 24.3 Å². The maximum atomic E-state index is 5.01. The number of rotatable bonds is 4. The molecule has 1 aromatic carbocycles. The van der Waals surface area contributed by atoms with Crippen LogP contribution in [-0.2, 0) is 18.6 Å². The van der Waals surface area contributed by atoms with E-state index in [4.69, 9.17) is 4.98 Å². The summed E-state index contributed by atoms with van der Waals surface area (Å²) in [5, 5.41) is 0. The number of hydrogen-bond donors (Lipinski definition) is 0. The minimum absolute atomic E-state index is 0.0610. The molecule has 150 valence electrons. The Hall–Kier alpha value is -2.50. The van der Waals surface area contributed by atoms with Crippen LogP contribution in [0, 0.1) is 0 Å². The quantitative estimate of drug-likeness (QED) is 0.683. The van der Waals surface area contributed by atoms with Crippen LogP contribution in [0.5, 0.6) is 0 Å². The average molecular weight is 388 g/mol. The van der Waals surface area contributed by atoms with Gasteiger partial charge in [0.1, 0.15) is 5.82 Å². The minimum Gasteiger partial charge on any atom is -0.325 e. The third kappa shape index (κ3) is 3.28. The van der Waals surface area contributed by atoms with Crippen LogP contribution in [0.25, 0.3) is 11.3 Å². The monoisotopic (exact) mass is 387 g/mol. The van der Waals surface area contributed by atoms with E-state index in [0.29, 0.717) is 0 Å². The van der Waals surface area contributed by atoms with Crippen LogP contribution in [0.3, 0.4) is 0 Å². The van der Waals surface area contributed by atoms with Gasteiger partial charge in [0.25, 0.3) is 0 Å². The molecule has 5 rings (SSSR count). The minimum atomic E-state index is 0.0610. The number of likely N-dealkylation sites (tertiary alicyclic amines) is 1. The number of aromatic nitrogens is 3. The van der Waals surface area contributed by atoms with Gasteiger partial charge in [-0.3, -0.25) is 14.8 Å². The number of benzene rings is 1. The molecule has 0 radical (unpaired) electrons. The number of fused-ring (bicyclic) bond motifs is 2. The Morgan fingerprint density at radius 3 is 2.48 bits per heavy atom. The smallest absolute Gasteiger partial charge is 0.129 e. The van der Waals surface area contributed by atoms with Crippen molar-refractivity contribution in [1.29, 1.82) is 0 Å². The summed E-state index contributed by atoms with van der Waals surface area (Å²) in [5.41, 5.74) is 3.88. The van der Waals surface area contributed by atoms with Crippen LogP contribution < -0.4 is 0 Å². The average Bonchev–Trinajstić information content (AvgIpc) is 3.22. The largest absolute Gasteiger partial charge is 0.325 e. The first-order chi connectivity index (χ1) is 14.3. The van der Waals surface area contributed by atoms with Gasteiger partial charge in [0.2, 0.25) is 0 Å². The molecule has 0 N–H and O–H groups in total. The number of piperidine rings is 1. The van der Waals surface area contributed by atoms with Crippen LogP contribution in [0.15, 0.2) is 61.1 Å². The summed E-state index contributed by atoms with van der Waals surface area (Å²) >= 11 is 0. The fourth-order valence-electron chi connectivity index (χ4n) is 5.22. The SMILES string of the molecule is CCN1CCn2c(-c3ccccc3)cnc2C12CCN(Cc1cccnc1)CC2. The van der Waals surface area contributed by atoms with E-state index in [2.05, 4.69) is 68.9 Å². The van der Waals surface area contributed by atoms with E-state index in [-0.39, 0.29) is 5.54 Å². The predicted octanol–water partition coefficient (Wildman–Crippen LogP) is 3.77. The lowest BCUT2D eigenvalue weighted by molar-refractivity contribution is -0.00774. The molecule has 3 aromatic rings. The standard InChI is InChI=1S/C24H29N5/c1-2-28-15-16-29-22(21-8-4-3-5-9-21)18-26-23(29)24(28)10-13-27(14-11-24)19-20-7-6-12-25-17-20/h3-9,12,17-18H,2,10-11,13-16,19H2,1H3. The lowest BCUT2D eigenvalue weighted by Crippen LogP contribution is -2.57. The third-order valence-corrected chi connectivity index (χ3v) is 6.73. The molecular formula is C24H29N5. The van der Waals surface area contributed by atoms with Gasteiger partial charge in [0, 0.05) is 45.1 Å². The van der Waals surface area contributed by atoms with Crippen molar-refractivity contribution in [2.75, 3.05) is 26.2 Å². The molecule has 0 saturated carbocycles. The summed E-state index contributed by atoms with van der Waals surface area (Å²) in [5.74, 6) is 1.27. The summed E-state index contributed by atoms with van der Waals surface area (Å²) in [6, 6.07) is 14.9. The highest BCUT2D eigenvalue weighted by atomic mass is 15.3. The van der Waals surface area contributed by atoms with E-state index in [9.17, 15) is 0 Å². The van der Waals surface area contributed by atoms with E-state index >= 15 is 0 Å². The van der Waals surface area contributed by atoms with Gasteiger partial charge < -0.3 is 4.57 Å². The van der Waals surface area contributed by atoms with E-state index in [1.807, 2.05) is 18.5 Å². The molecule has 0 atom stereocenters. The summed E-state index contributed by atoms with van der Waals surface area (Å²) in [7, 11) is 0. The highest BCUT2D eigenvalue weighted by molar-refractivity contribution is 5.59. The first-order valence-corrected chi connectivity index (χ1v) is 10.8. The Morgan fingerprint density at radius 2 is 1.76 bits per heavy atom. The number of nitrogens with zero attached hydrogens (tertiary/aromatic N) is 5. The van der Waals surface area contributed by atoms with Gasteiger partial charge in [-0.2, -0.15) is 0 Å². The fourth-order valence-corrected chi connectivity index (χ4v) is 5.22. The molecule has 1 fully saturated rings. The summed E-state index contributed by atoms with van der Waals surface area (Å²) in [4.78, 5) is 14.5. The second-order valence-corrected chi connectivity index (χ2v) is 8.23. The number of imidazole rings is 1. The Bertz CT molecular complexity index is 942. The van der Waals surface area contributed by atoms with Gasteiger partial charge in [0.15, 0.2) is 0 Å². The van der Waals surface area contributed by atoms with E-state index in [1.165, 1.54) is 22.6 Å². The van der Waals surface area contributed by atoms with Crippen molar-refractivity contribution >= 4 is 0 Å². The third-order valence-electron chi connectivity index (χ3n) is 6.73. The maximum absolute atomic E-state index is 5.01. The number of pyridine rings is 1. The van der Waals surface area contributed by atoms with Crippen LogP contribution in [0.1, 0.15) is 31.2 Å². The Labute approximate surface area is 173 Å². The molecule has 1 saturated heterocycles. The molecule has 1 spiro atoms. The van der Waals surface area contributed by atoms with Crippen LogP contribution in [0.2, 0.25) is 0 Å². The fraction of sp³-hybridized carbons (Fsp3) is 0.417. The first kappa shape index (κ1) is 18.5. The molecule has 4 heterocycles. The first-order valence-electron chi connectivity index (χ1n) is 10.8. The normalized spacial score (nSPS) is 19.3. The molecule has 2 aromatic heterocycles. The molecule has 5 nitrogen and oxygen atoms in total. The summed E-state index contributed by atoms with van der Waals surface area (Å²) < 4.78 is 2.48. The van der Waals surface area contributed by atoms with Gasteiger partial charge in [0.05, 0.1) is 17.4 Å². The van der Waals surface area contributed by atoms with Crippen LogP contribution in [-0.4, -0.2) is 50.5 Å². The van der Waals surface area contributed by atoms with Crippen molar-refractivity contribution < 1.29 is 0 Å². The molecule has 5 heteroatoms. The number of likely N-dealkylation sites (N-methyl/N-ethyl adjacent to an activating group) is 1. The summed E-state index contributed by atoms with van der Waals surface area (Å²) in [6.45, 7) is 8.67. The molecule has 0 bridgehead atoms. The van der Waals surface area contributed by atoms with E-state index < -0.39 is 0 Å². The zero-order chi connectivity index (χ0) is 19.7.